The standard InChI is InChI=1S/C11H12N2O2S/c1-2-16-8-9-7-12(14)10-5-3-4-6-11(10)13(9)15/h3-7H,2,8H2,1H3. The van der Waals surface area contributed by atoms with Gasteiger partial charge in [0.25, 0.3) is 5.52 Å². The van der Waals surface area contributed by atoms with E-state index in [-0.39, 0.29) is 0 Å². The Morgan fingerprint density at radius 2 is 2.19 bits per heavy atom. The second kappa shape index (κ2) is 4.57. The zero-order chi connectivity index (χ0) is 11.5. The second-order valence-corrected chi connectivity index (χ2v) is 4.64. The summed E-state index contributed by atoms with van der Waals surface area (Å²) in [5.74, 6) is 1.48. The van der Waals surface area contributed by atoms with Crippen molar-refractivity contribution in [3.8, 4) is 0 Å². The Morgan fingerprint density at radius 3 is 2.94 bits per heavy atom. The largest absolute Gasteiger partial charge is 0.805 e. The van der Waals surface area contributed by atoms with Crippen molar-refractivity contribution < 1.29 is 4.43 Å². The number of hydrogen-bond acceptors (Lipinski definition) is 3. The van der Waals surface area contributed by atoms with E-state index >= 15 is 0 Å². The van der Waals surface area contributed by atoms with Gasteiger partial charge in [-0.2, -0.15) is 11.8 Å². The van der Waals surface area contributed by atoms with Gasteiger partial charge in [0.05, 0.1) is 10.1 Å². The van der Waals surface area contributed by atoms with Crippen molar-refractivity contribution >= 4 is 22.8 Å². The van der Waals surface area contributed by atoms with Crippen molar-refractivity contribution in [1.29, 1.82) is 0 Å². The average molecular weight is 236 g/mol. The van der Waals surface area contributed by atoms with Crippen molar-refractivity contribution in [2.75, 3.05) is 5.75 Å². The molecule has 0 radical (unpaired) electrons. The fourth-order valence-corrected chi connectivity index (χ4v) is 2.14. The Bertz CT molecular complexity index is 565. The summed E-state index contributed by atoms with van der Waals surface area (Å²) >= 11 is 1.62. The molecular formula is C11H12N2O2S. The van der Waals surface area contributed by atoms with Gasteiger partial charge in [-0.3, -0.25) is 0 Å². The number of benzene rings is 1. The van der Waals surface area contributed by atoms with Crippen LogP contribution in [0.5, 0.6) is 0 Å². The molecule has 2 aromatic rings. The Balaban J connectivity index is 2.61. The smallest absolute Gasteiger partial charge is 0.285 e. The number of nitrogens with zero attached hydrogens (tertiary/aromatic N) is 2. The Labute approximate surface area is 97.1 Å². The lowest BCUT2D eigenvalue weighted by Gasteiger charge is -2.15. The molecule has 0 bridgehead atoms. The minimum atomic E-state index is 0.405. The molecule has 0 aliphatic heterocycles. The van der Waals surface area contributed by atoms with E-state index in [4.69, 9.17) is 0 Å². The van der Waals surface area contributed by atoms with Crippen LogP contribution in [0, 0.1) is 10.1 Å². The average Bonchev–Trinajstić information content (AvgIpc) is 2.32. The van der Waals surface area contributed by atoms with E-state index in [9.17, 15) is 10.1 Å². The van der Waals surface area contributed by atoms with E-state index in [1.165, 1.54) is 6.20 Å². The maximum Gasteiger partial charge on any atom is 0.285 e. The SMILES string of the molecule is CCSCc1c[n+](=O)c2ccccc2n1[O-]. The molecule has 1 aromatic carbocycles. The molecule has 0 spiro atoms. The van der Waals surface area contributed by atoms with E-state index in [1.807, 2.05) is 6.92 Å². The van der Waals surface area contributed by atoms with Gasteiger partial charge in [0.2, 0.25) is 6.20 Å². The van der Waals surface area contributed by atoms with Crippen LogP contribution in [-0.4, -0.2) is 10.5 Å². The van der Waals surface area contributed by atoms with Gasteiger partial charge in [-0.1, -0.05) is 19.1 Å². The summed E-state index contributed by atoms with van der Waals surface area (Å²) in [6.45, 7) is 2.02. The molecule has 0 N–H and O–H groups in total. The molecule has 0 aliphatic rings. The summed E-state index contributed by atoms with van der Waals surface area (Å²) in [7, 11) is 0. The lowest BCUT2D eigenvalue weighted by Crippen LogP contribution is -2.19. The van der Waals surface area contributed by atoms with Crippen molar-refractivity contribution in [2.45, 2.75) is 12.7 Å². The van der Waals surface area contributed by atoms with Crippen LogP contribution < -0.4 is 4.43 Å². The summed E-state index contributed by atoms with van der Waals surface area (Å²) in [5, 5.41) is 11.9. The maximum atomic E-state index is 11.9. The molecule has 84 valence electrons. The fourth-order valence-electron chi connectivity index (χ4n) is 1.54. The number of aromatic nitrogens is 2. The molecule has 0 saturated heterocycles. The third-order valence-corrected chi connectivity index (χ3v) is 3.23. The zero-order valence-electron chi connectivity index (χ0n) is 8.92. The number of hydrogen-bond donors (Lipinski definition) is 0. The molecule has 2 rings (SSSR count). The Kier molecular flexibility index (Phi) is 3.14. The summed E-state index contributed by atoms with van der Waals surface area (Å²) in [5.41, 5.74) is 1.33. The van der Waals surface area contributed by atoms with Crippen LogP contribution in [0.15, 0.2) is 30.5 Å². The highest BCUT2D eigenvalue weighted by Gasteiger charge is 2.10. The topological polar surface area (TPSA) is 51.0 Å². The van der Waals surface area contributed by atoms with Crippen molar-refractivity contribution in [3.05, 3.63) is 46.3 Å². The first-order chi connectivity index (χ1) is 7.74. The number of fused-ring (bicyclic) bond motifs is 1. The second-order valence-electron chi connectivity index (χ2n) is 3.37. The predicted octanol–water partition coefficient (Wildman–Crippen LogP) is 2.15. The van der Waals surface area contributed by atoms with Crippen molar-refractivity contribution in [3.63, 3.8) is 0 Å². The molecule has 0 saturated carbocycles. The molecule has 16 heavy (non-hydrogen) atoms. The minimum Gasteiger partial charge on any atom is -0.805 e. The van der Waals surface area contributed by atoms with Gasteiger partial charge in [-0.15, -0.1) is 0 Å². The molecule has 5 heteroatoms. The lowest BCUT2D eigenvalue weighted by molar-refractivity contribution is -0.465. The molecule has 0 amide bonds. The monoisotopic (exact) mass is 236 g/mol. The summed E-state index contributed by atoms with van der Waals surface area (Å²) < 4.78 is 1.60. The van der Waals surface area contributed by atoms with Gasteiger partial charge in [0.15, 0.2) is 0 Å². The van der Waals surface area contributed by atoms with Crippen LogP contribution in [0.4, 0.5) is 0 Å². The highest BCUT2D eigenvalue weighted by atomic mass is 32.2. The molecular weight excluding hydrogens is 224 g/mol. The number of thioether (sulfide) groups is 1. The van der Waals surface area contributed by atoms with Gasteiger partial charge in [0.1, 0.15) is 5.52 Å². The third kappa shape index (κ3) is 1.90. The van der Waals surface area contributed by atoms with Gasteiger partial charge < -0.3 is 9.94 Å². The van der Waals surface area contributed by atoms with E-state index in [1.54, 1.807) is 36.0 Å². The predicted molar refractivity (Wildman–Crippen MR) is 65.9 cm³/mol. The van der Waals surface area contributed by atoms with Crippen LogP contribution in [0.2, 0.25) is 0 Å². The van der Waals surface area contributed by atoms with Crippen LogP contribution >= 0.6 is 11.8 Å². The van der Waals surface area contributed by atoms with Gasteiger partial charge >= 0.3 is 0 Å². The highest BCUT2D eigenvalue weighted by Crippen LogP contribution is 2.15. The first-order valence-electron chi connectivity index (χ1n) is 5.05. The number of para-hydroxylation sites is 2. The molecule has 1 aromatic heterocycles. The van der Waals surface area contributed by atoms with Crippen LogP contribution in [0.3, 0.4) is 0 Å². The molecule has 0 unspecified atom stereocenters. The van der Waals surface area contributed by atoms with E-state index in [0.717, 1.165) is 14.9 Å². The first-order valence-corrected chi connectivity index (χ1v) is 6.20. The van der Waals surface area contributed by atoms with Gasteiger partial charge in [-0.25, -0.2) is 0 Å². The summed E-state index contributed by atoms with van der Waals surface area (Å²) in [4.78, 5) is 11.7. The van der Waals surface area contributed by atoms with Crippen LogP contribution in [-0.2, 0) is 5.75 Å². The molecule has 4 nitrogen and oxygen atoms in total. The van der Waals surface area contributed by atoms with Gasteiger partial charge in [-0.05, 0) is 11.8 Å². The summed E-state index contributed by atoms with van der Waals surface area (Å²) in [6, 6.07) is 6.81. The summed E-state index contributed by atoms with van der Waals surface area (Å²) in [6.07, 6.45) is 1.36. The Morgan fingerprint density at radius 1 is 1.44 bits per heavy atom. The fraction of sp³-hybridized carbons (Fsp3) is 0.273. The van der Waals surface area contributed by atoms with Crippen LogP contribution in [0.1, 0.15) is 12.6 Å². The minimum absolute atomic E-state index is 0.405. The molecule has 0 aliphatic carbocycles. The molecule has 0 atom stereocenters. The first kappa shape index (κ1) is 11.0. The zero-order valence-corrected chi connectivity index (χ0v) is 9.74. The lowest BCUT2D eigenvalue weighted by atomic mass is 10.3. The van der Waals surface area contributed by atoms with Gasteiger partial charge in [0, 0.05) is 16.7 Å². The van der Waals surface area contributed by atoms with E-state index in [0.29, 0.717) is 22.5 Å². The normalized spacial score (nSPS) is 10.8. The van der Waals surface area contributed by atoms with E-state index < -0.39 is 0 Å². The van der Waals surface area contributed by atoms with Crippen molar-refractivity contribution in [1.82, 2.24) is 4.73 Å². The van der Waals surface area contributed by atoms with E-state index in [2.05, 4.69) is 0 Å². The van der Waals surface area contributed by atoms with Crippen LogP contribution in [0.25, 0.3) is 11.0 Å². The highest BCUT2D eigenvalue weighted by molar-refractivity contribution is 7.98. The quantitative estimate of drug-likeness (QED) is 0.767. The third-order valence-electron chi connectivity index (χ3n) is 2.32. The van der Waals surface area contributed by atoms with Crippen molar-refractivity contribution in [2.24, 2.45) is 0 Å². The molecule has 1 heterocycles. The maximum absolute atomic E-state index is 11.9. The number of rotatable bonds is 3. The Hall–Kier alpha value is -1.49. The molecule has 0 fully saturated rings.